The van der Waals surface area contributed by atoms with E-state index in [2.05, 4.69) is 0 Å². The minimum Gasteiger partial charge on any atom is -0.445 e. The number of rotatable bonds is 1. The van der Waals surface area contributed by atoms with Crippen molar-refractivity contribution in [3.63, 3.8) is 0 Å². The van der Waals surface area contributed by atoms with E-state index < -0.39 is 12.1 Å². The lowest BCUT2D eigenvalue weighted by atomic mass is 10.1. The standard InChI is InChI=1S/C7H13N3O3/c8-6(11)10-3-1-2-5(4-10)13-7(9)12/h5H,1-4H2,(H2,8,11)(H2,9,12). The van der Waals surface area contributed by atoms with Crippen LogP contribution < -0.4 is 11.5 Å². The molecule has 6 heteroatoms. The number of hydrogen-bond acceptors (Lipinski definition) is 3. The lowest BCUT2D eigenvalue weighted by molar-refractivity contribution is 0.0595. The van der Waals surface area contributed by atoms with Gasteiger partial charge in [-0.25, -0.2) is 9.59 Å². The third kappa shape index (κ3) is 2.81. The van der Waals surface area contributed by atoms with Gasteiger partial charge in [-0.3, -0.25) is 0 Å². The van der Waals surface area contributed by atoms with Gasteiger partial charge in [0, 0.05) is 6.54 Å². The Kier molecular flexibility index (Phi) is 2.94. The largest absolute Gasteiger partial charge is 0.445 e. The SMILES string of the molecule is NC(=O)OC1CCCN(C(N)=O)C1. The number of nitrogens with two attached hydrogens (primary N) is 2. The predicted octanol–water partition coefficient (Wildman–Crippen LogP) is -0.375. The first-order chi connectivity index (χ1) is 6.09. The zero-order valence-corrected chi connectivity index (χ0v) is 7.23. The number of hydrogen-bond donors (Lipinski definition) is 2. The zero-order valence-electron chi connectivity index (χ0n) is 7.23. The number of carbonyl (C=O) groups excluding carboxylic acids is 2. The van der Waals surface area contributed by atoms with Crippen molar-refractivity contribution in [3.05, 3.63) is 0 Å². The van der Waals surface area contributed by atoms with E-state index in [0.717, 1.165) is 12.8 Å². The maximum absolute atomic E-state index is 10.8. The first kappa shape index (κ1) is 9.63. The van der Waals surface area contributed by atoms with Crippen LogP contribution in [0.5, 0.6) is 0 Å². The van der Waals surface area contributed by atoms with E-state index in [4.69, 9.17) is 16.2 Å². The van der Waals surface area contributed by atoms with Crippen LogP contribution in [0.3, 0.4) is 0 Å². The summed E-state index contributed by atoms with van der Waals surface area (Å²) < 4.78 is 4.76. The molecule has 0 radical (unpaired) electrons. The van der Waals surface area contributed by atoms with E-state index in [1.54, 1.807) is 0 Å². The van der Waals surface area contributed by atoms with Gasteiger partial charge in [-0.05, 0) is 12.8 Å². The molecule has 1 heterocycles. The topological polar surface area (TPSA) is 98.7 Å². The molecule has 3 amide bonds. The van der Waals surface area contributed by atoms with Crippen molar-refractivity contribution in [2.75, 3.05) is 13.1 Å². The Morgan fingerprint density at radius 1 is 1.38 bits per heavy atom. The van der Waals surface area contributed by atoms with Gasteiger partial charge >= 0.3 is 12.1 Å². The summed E-state index contributed by atoms with van der Waals surface area (Å²) >= 11 is 0. The van der Waals surface area contributed by atoms with Crippen molar-refractivity contribution in [1.82, 2.24) is 4.90 Å². The number of nitrogens with zero attached hydrogens (tertiary/aromatic N) is 1. The molecule has 0 aromatic rings. The van der Waals surface area contributed by atoms with Gasteiger partial charge in [0.05, 0.1) is 6.54 Å². The van der Waals surface area contributed by atoms with E-state index >= 15 is 0 Å². The third-order valence-electron chi connectivity index (χ3n) is 1.97. The molecule has 1 atom stereocenters. The number of ether oxygens (including phenoxy) is 1. The summed E-state index contributed by atoms with van der Waals surface area (Å²) in [7, 11) is 0. The van der Waals surface area contributed by atoms with Crippen LogP contribution in [0.25, 0.3) is 0 Å². The van der Waals surface area contributed by atoms with Gasteiger partial charge in [0.1, 0.15) is 6.10 Å². The fourth-order valence-corrected chi connectivity index (χ4v) is 1.40. The average Bonchev–Trinajstić information content (AvgIpc) is 2.03. The fourth-order valence-electron chi connectivity index (χ4n) is 1.40. The van der Waals surface area contributed by atoms with Crippen LogP contribution in [0.4, 0.5) is 9.59 Å². The third-order valence-corrected chi connectivity index (χ3v) is 1.97. The van der Waals surface area contributed by atoms with Crippen molar-refractivity contribution in [1.29, 1.82) is 0 Å². The van der Waals surface area contributed by atoms with E-state index in [-0.39, 0.29) is 6.10 Å². The number of piperidine rings is 1. The Labute approximate surface area is 75.8 Å². The van der Waals surface area contributed by atoms with Gasteiger partial charge in [-0.15, -0.1) is 0 Å². The lowest BCUT2D eigenvalue weighted by Gasteiger charge is -2.30. The molecular weight excluding hydrogens is 174 g/mol. The Morgan fingerprint density at radius 2 is 2.08 bits per heavy atom. The molecule has 0 spiro atoms. The first-order valence-electron chi connectivity index (χ1n) is 4.10. The lowest BCUT2D eigenvalue weighted by Crippen LogP contribution is -2.46. The molecule has 13 heavy (non-hydrogen) atoms. The monoisotopic (exact) mass is 187 g/mol. The summed E-state index contributed by atoms with van der Waals surface area (Å²) in [5, 5.41) is 0. The molecule has 1 unspecified atom stereocenters. The van der Waals surface area contributed by atoms with Crippen LogP contribution in [0, 0.1) is 0 Å². The highest BCUT2D eigenvalue weighted by Crippen LogP contribution is 2.12. The molecular formula is C7H13N3O3. The Morgan fingerprint density at radius 3 is 2.62 bits per heavy atom. The van der Waals surface area contributed by atoms with E-state index in [0.29, 0.717) is 13.1 Å². The van der Waals surface area contributed by atoms with Crippen molar-refractivity contribution in [3.8, 4) is 0 Å². The molecule has 74 valence electrons. The first-order valence-corrected chi connectivity index (χ1v) is 4.10. The summed E-state index contributed by atoms with van der Waals surface area (Å²) in [6.45, 7) is 0.965. The Bertz CT molecular complexity index is 219. The van der Waals surface area contributed by atoms with E-state index in [9.17, 15) is 9.59 Å². The maximum atomic E-state index is 10.8. The highest BCUT2D eigenvalue weighted by Gasteiger charge is 2.23. The van der Waals surface area contributed by atoms with Crippen LogP contribution in [0.15, 0.2) is 0 Å². The van der Waals surface area contributed by atoms with Gasteiger partial charge in [0.2, 0.25) is 0 Å². The van der Waals surface area contributed by atoms with Gasteiger partial charge < -0.3 is 21.1 Å². The number of primary amides is 2. The molecule has 1 saturated heterocycles. The van der Waals surface area contributed by atoms with Gasteiger partial charge in [0.25, 0.3) is 0 Å². The zero-order chi connectivity index (χ0) is 9.84. The fraction of sp³-hybridized carbons (Fsp3) is 0.714. The van der Waals surface area contributed by atoms with E-state index in [1.807, 2.05) is 0 Å². The average molecular weight is 187 g/mol. The number of urea groups is 1. The number of carbonyl (C=O) groups is 2. The summed E-state index contributed by atoms with van der Waals surface area (Å²) in [5.41, 5.74) is 9.92. The molecule has 0 aromatic carbocycles. The molecule has 0 saturated carbocycles. The van der Waals surface area contributed by atoms with Crippen LogP contribution in [0.1, 0.15) is 12.8 Å². The summed E-state index contributed by atoms with van der Waals surface area (Å²) in [6, 6.07) is -0.488. The molecule has 0 aliphatic carbocycles. The Balaban J connectivity index is 2.41. The molecule has 4 N–H and O–H groups in total. The molecule has 1 aliphatic heterocycles. The van der Waals surface area contributed by atoms with Crippen LogP contribution in [0.2, 0.25) is 0 Å². The second-order valence-corrected chi connectivity index (χ2v) is 2.99. The highest BCUT2D eigenvalue weighted by atomic mass is 16.6. The molecule has 6 nitrogen and oxygen atoms in total. The smallest absolute Gasteiger partial charge is 0.404 e. The number of likely N-dealkylation sites (tertiary alicyclic amines) is 1. The van der Waals surface area contributed by atoms with E-state index in [1.165, 1.54) is 4.90 Å². The molecule has 1 aliphatic rings. The summed E-state index contributed by atoms with van der Waals surface area (Å²) in [4.78, 5) is 22.6. The van der Waals surface area contributed by atoms with Gasteiger partial charge in [-0.1, -0.05) is 0 Å². The minimum absolute atomic E-state index is 0.307. The van der Waals surface area contributed by atoms with Crippen LogP contribution in [-0.2, 0) is 4.74 Å². The van der Waals surface area contributed by atoms with Crippen molar-refractivity contribution in [2.24, 2.45) is 11.5 Å². The van der Waals surface area contributed by atoms with Gasteiger partial charge in [-0.2, -0.15) is 0 Å². The number of amides is 3. The van der Waals surface area contributed by atoms with Crippen LogP contribution in [-0.4, -0.2) is 36.2 Å². The van der Waals surface area contributed by atoms with Crippen molar-refractivity contribution in [2.45, 2.75) is 18.9 Å². The summed E-state index contributed by atoms with van der Waals surface area (Å²) in [6.07, 6.45) is 0.392. The summed E-state index contributed by atoms with van der Waals surface area (Å²) in [5.74, 6) is 0. The maximum Gasteiger partial charge on any atom is 0.404 e. The highest BCUT2D eigenvalue weighted by molar-refractivity contribution is 5.72. The molecule has 0 aromatic heterocycles. The quantitative estimate of drug-likeness (QED) is 0.585. The second kappa shape index (κ2) is 3.97. The van der Waals surface area contributed by atoms with Crippen molar-refractivity contribution >= 4 is 12.1 Å². The molecule has 0 bridgehead atoms. The second-order valence-electron chi connectivity index (χ2n) is 2.99. The molecule has 1 rings (SSSR count). The van der Waals surface area contributed by atoms with Gasteiger partial charge in [0.15, 0.2) is 0 Å². The Hall–Kier alpha value is -1.46. The molecule has 1 fully saturated rings. The predicted molar refractivity (Wildman–Crippen MR) is 44.8 cm³/mol. The minimum atomic E-state index is -0.809. The van der Waals surface area contributed by atoms with Crippen molar-refractivity contribution < 1.29 is 14.3 Å². The normalized spacial score (nSPS) is 22.5. The van der Waals surface area contributed by atoms with Crippen LogP contribution >= 0.6 is 0 Å².